The van der Waals surface area contributed by atoms with E-state index in [1.807, 2.05) is 17.0 Å². The second-order valence-electron chi connectivity index (χ2n) is 6.95. The number of rotatable bonds is 3. The van der Waals surface area contributed by atoms with Gasteiger partial charge in [0, 0.05) is 25.2 Å². The zero-order chi connectivity index (χ0) is 17.2. The third kappa shape index (κ3) is 3.25. The summed E-state index contributed by atoms with van der Waals surface area (Å²) in [5, 5.41) is 2.15. The number of thiophene rings is 1. The van der Waals surface area contributed by atoms with Crippen LogP contribution in [0.2, 0.25) is 0 Å². The van der Waals surface area contributed by atoms with E-state index in [0.717, 1.165) is 37.1 Å². The molecule has 4 nitrogen and oxygen atoms in total. The van der Waals surface area contributed by atoms with Crippen molar-refractivity contribution in [3.05, 3.63) is 51.5 Å². The summed E-state index contributed by atoms with van der Waals surface area (Å²) in [4.78, 5) is 32.7. The van der Waals surface area contributed by atoms with Gasteiger partial charge in [0.15, 0.2) is 5.78 Å². The minimum Gasteiger partial charge on any atom is -0.337 e. The number of aromatic nitrogens is 1. The molecule has 4 rings (SSSR count). The zero-order valence-corrected chi connectivity index (χ0v) is 15.1. The van der Waals surface area contributed by atoms with E-state index < -0.39 is 0 Å². The van der Waals surface area contributed by atoms with Crippen LogP contribution in [0.1, 0.15) is 57.0 Å². The zero-order valence-electron chi connectivity index (χ0n) is 14.2. The number of hydrogen-bond acceptors (Lipinski definition) is 4. The van der Waals surface area contributed by atoms with Gasteiger partial charge in [-0.25, -0.2) is 0 Å². The lowest BCUT2D eigenvalue weighted by atomic mass is 9.91. The number of carbonyl (C=O) groups excluding carboxylic acids is 2. The van der Waals surface area contributed by atoms with Crippen LogP contribution in [0.4, 0.5) is 0 Å². The lowest BCUT2D eigenvalue weighted by Gasteiger charge is -2.32. The molecule has 1 atom stereocenters. The van der Waals surface area contributed by atoms with Gasteiger partial charge in [0.25, 0.3) is 5.91 Å². The molecule has 0 N–H and O–H groups in total. The Kier molecular flexibility index (Phi) is 4.66. The highest BCUT2D eigenvalue weighted by atomic mass is 32.1. The summed E-state index contributed by atoms with van der Waals surface area (Å²) in [6.45, 7) is 1.26. The highest BCUT2D eigenvalue weighted by Crippen LogP contribution is 2.32. The van der Waals surface area contributed by atoms with Crippen LogP contribution in [0.3, 0.4) is 0 Å². The first-order valence-electron chi connectivity index (χ1n) is 9.08. The molecule has 3 heterocycles. The van der Waals surface area contributed by atoms with Gasteiger partial charge in [0.05, 0.1) is 4.88 Å². The molecular formula is C20H22N2O2S. The van der Waals surface area contributed by atoms with Gasteiger partial charge in [0.2, 0.25) is 0 Å². The summed E-state index contributed by atoms with van der Waals surface area (Å²) >= 11 is 1.58. The van der Waals surface area contributed by atoms with E-state index in [0.29, 0.717) is 12.2 Å². The van der Waals surface area contributed by atoms with Crippen molar-refractivity contribution in [2.45, 2.75) is 38.5 Å². The number of fused-ring (bicyclic) bond motifs is 1. The molecule has 1 fully saturated rings. The van der Waals surface area contributed by atoms with Gasteiger partial charge in [-0.3, -0.25) is 14.6 Å². The summed E-state index contributed by atoms with van der Waals surface area (Å²) in [6, 6.07) is 5.41. The summed E-state index contributed by atoms with van der Waals surface area (Å²) in [5.74, 6) is 0.0429. The van der Waals surface area contributed by atoms with E-state index in [4.69, 9.17) is 0 Å². The number of nitrogens with zero attached hydrogens (tertiary/aromatic N) is 2. The highest BCUT2D eigenvalue weighted by Gasteiger charge is 2.32. The first-order valence-corrected chi connectivity index (χ1v) is 9.96. The monoisotopic (exact) mass is 354 g/mol. The first kappa shape index (κ1) is 16.5. The second-order valence-corrected chi connectivity index (χ2v) is 7.82. The Balaban J connectivity index is 1.50. The molecule has 1 aliphatic carbocycles. The average Bonchev–Trinajstić information content (AvgIpc) is 3.12. The molecule has 2 aromatic heterocycles. The van der Waals surface area contributed by atoms with E-state index in [9.17, 15) is 9.59 Å². The number of Topliss-reactive ketones (excluding diaryl/α,β-unsaturated/α-hetero) is 1. The number of ketones is 1. The molecule has 130 valence electrons. The molecule has 1 saturated heterocycles. The maximum absolute atomic E-state index is 13.0. The minimum atomic E-state index is -0.136. The molecule has 0 saturated carbocycles. The fraction of sp³-hybridized carbons (Fsp3) is 0.450. The van der Waals surface area contributed by atoms with Gasteiger partial charge in [-0.1, -0.05) is 6.07 Å². The number of carbonyl (C=O) groups is 2. The van der Waals surface area contributed by atoms with Crippen molar-refractivity contribution in [3.63, 3.8) is 0 Å². The van der Waals surface area contributed by atoms with E-state index in [1.54, 1.807) is 23.6 Å². The van der Waals surface area contributed by atoms with Crippen LogP contribution >= 0.6 is 11.3 Å². The van der Waals surface area contributed by atoms with Crippen LogP contribution in [-0.4, -0.2) is 34.7 Å². The lowest BCUT2D eigenvalue weighted by Crippen LogP contribution is -2.42. The smallest absolute Gasteiger partial charge is 0.264 e. The van der Waals surface area contributed by atoms with Crippen LogP contribution < -0.4 is 0 Å². The molecule has 25 heavy (non-hydrogen) atoms. The van der Waals surface area contributed by atoms with Crippen LogP contribution in [0.15, 0.2) is 29.8 Å². The molecule has 0 bridgehead atoms. The molecular weight excluding hydrogens is 332 g/mol. The largest absolute Gasteiger partial charge is 0.337 e. The summed E-state index contributed by atoms with van der Waals surface area (Å²) in [6.07, 6.45) is 7.87. The summed E-state index contributed by atoms with van der Waals surface area (Å²) < 4.78 is 0. The molecule has 1 amide bonds. The third-order valence-electron chi connectivity index (χ3n) is 5.29. The Morgan fingerprint density at radius 1 is 1.16 bits per heavy atom. The van der Waals surface area contributed by atoms with Gasteiger partial charge < -0.3 is 4.90 Å². The molecule has 1 unspecified atom stereocenters. The predicted molar refractivity (Wildman–Crippen MR) is 98.2 cm³/mol. The van der Waals surface area contributed by atoms with Gasteiger partial charge >= 0.3 is 0 Å². The van der Waals surface area contributed by atoms with Crippen molar-refractivity contribution < 1.29 is 9.59 Å². The Bertz CT molecular complexity index is 784. The van der Waals surface area contributed by atoms with Crippen molar-refractivity contribution in [1.82, 2.24) is 9.88 Å². The maximum atomic E-state index is 13.0. The number of piperidine rings is 1. The van der Waals surface area contributed by atoms with Crippen LogP contribution in [0.25, 0.3) is 0 Å². The molecule has 0 spiro atoms. The Hall–Kier alpha value is -2.01. The Morgan fingerprint density at radius 2 is 2.04 bits per heavy atom. The molecule has 1 aliphatic heterocycles. The molecule has 2 aromatic rings. The molecule has 5 heteroatoms. The van der Waals surface area contributed by atoms with Gasteiger partial charge in [-0.05, 0) is 67.2 Å². The molecule has 0 radical (unpaired) electrons. The van der Waals surface area contributed by atoms with Crippen LogP contribution in [0, 0.1) is 5.92 Å². The van der Waals surface area contributed by atoms with Crippen molar-refractivity contribution in [1.29, 1.82) is 0 Å². The van der Waals surface area contributed by atoms with E-state index in [-0.39, 0.29) is 17.6 Å². The summed E-state index contributed by atoms with van der Waals surface area (Å²) in [7, 11) is 0. The van der Waals surface area contributed by atoms with Crippen LogP contribution in [0.5, 0.6) is 0 Å². The second kappa shape index (κ2) is 7.08. The minimum absolute atomic E-state index is 0.0614. The fourth-order valence-corrected chi connectivity index (χ4v) is 5.06. The van der Waals surface area contributed by atoms with Crippen molar-refractivity contribution in [3.8, 4) is 0 Å². The normalized spacial score (nSPS) is 20.2. The maximum Gasteiger partial charge on any atom is 0.264 e. The lowest BCUT2D eigenvalue weighted by molar-refractivity contribution is 0.0638. The van der Waals surface area contributed by atoms with E-state index in [1.165, 1.54) is 24.0 Å². The number of hydrogen-bond donors (Lipinski definition) is 0. The highest BCUT2D eigenvalue weighted by molar-refractivity contribution is 7.12. The van der Waals surface area contributed by atoms with Crippen molar-refractivity contribution in [2.75, 3.05) is 13.1 Å². The number of amides is 1. The van der Waals surface area contributed by atoms with E-state index in [2.05, 4.69) is 10.4 Å². The van der Waals surface area contributed by atoms with Crippen molar-refractivity contribution >= 4 is 23.0 Å². The Morgan fingerprint density at radius 3 is 2.88 bits per heavy atom. The number of aryl methyl sites for hydroxylation is 1. The van der Waals surface area contributed by atoms with Gasteiger partial charge in [-0.2, -0.15) is 0 Å². The molecule has 0 aromatic carbocycles. The predicted octanol–water partition coefficient (Wildman–Crippen LogP) is 3.76. The topological polar surface area (TPSA) is 50.3 Å². The summed E-state index contributed by atoms with van der Waals surface area (Å²) in [5.41, 5.74) is 3.13. The quantitative estimate of drug-likeness (QED) is 0.789. The molecule has 2 aliphatic rings. The third-order valence-corrected chi connectivity index (χ3v) is 6.35. The fourth-order valence-electron chi connectivity index (χ4n) is 3.94. The average molecular weight is 354 g/mol. The van der Waals surface area contributed by atoms with Gasteiger partial charge in [0.1, 0.15) is 5.69 Å². The Labute approximate surface area is 151 Å². The first-order chi connectivity index (χ1) is 12.2. The van der Waals surface area contributed by atoms with Crippen LogP contribution in [-0.2, 0) is 12.8 Å². The van der Waals surface area contributed by atoms with Crippen molar-refractivity contribution in [2.24, 2.45) is 5.92 Å². The van der Waals surface area contributed by atoms with E-state index >= 15 is 0 Å². The number of likely N-dealkylation sites (tertiary alicyclic amines) is 1. The number of pyridine rings is 1. The van der Waals surface area contributed by atoms with Gasteiger partial charge in [-0.15, -0.1) is 11.3 Å². The standard InChI is InChI=1S/C20H22N2O2S/c23-18(17-9-3-4-10-21-17)14-7-5-11-22(12-14)20(24)19-16-8-2-1-6-15(16)13-25-19/h3-4,9-10,13-14H,1-2,5-8,11-12H2. The SMILES string of the molecule is O=C(c1ccccn1)C1CCCN(C(=O)c2scc3c2CCCC3)C1.